The molecule has 0 bridgehead atoms. The Bertz CT molecular complexity index is 602. The Balaban J connectivity index is 3.54. The molecule has 0 atom stereocenters. The van der Waals surface area contributed by atoms with E-state index in [-0.39, 0.29) is 0 Å². The lowest BCUT2D eigenvalue weighted by Crippen LogP contribution is -1.81. The fourth-order valence-corrected chi connectivity index (χ4v) is 3.01. The van der Waals surface area contributed by atoms with Crippen LogP contribution in [0.4, 0.5) is 0 Å². The molecule has 0 radical (unpaired) electrons. The first-order valence-corrected chi connectivity index (χ1v) is 12.4. The third kappa shape index (κ3) is 27.7. The summed E-state index contributed by atoms with van der Waals surface area (Å²) in [4.78, 5) is 0. The molecule has 0 unspecified atom stereocenters. The molecule has 0 aliphatic heterocycles. The molecule has 0 heteroatoms. The average Bonchev–Trinajstić information content (AvgIpc) is 2.78. The van der Waals surface area contributed by atoms with Gasteiger partial charge in [0.15, 0.2) is 0 Å². The van der Waals surface area contributed by atoms with Crippen molar-refractivity contribution < 1.29 is 0 Å². The highest BCUT2D eigenvalue weighted by Gasteiger charge is 1.92. The Morgan fingerprint density at radius 1 is 0.387 bits per heavy atom. The normalized spacial score (nSPS) is 13.3. The summed E-state index contributed by atoms with van der Waals surface area (Å²) in [5.74, 6) is 0. The lowest BCUT2D eigenvalue weighted by molar-refractivity contribution is 0.550. The lowest BCUT2D eigenvalue weighted by Gasteiger charge is -2.01. The molecule has 0 amide bonds. The number of allylic oxidation sites excluding steroid dienone is 17. The van der Waals surface area contributed by atoms with Gasteiger partial charge in [0.1, 0.15) is 0 Å². The van der Waals surface area contributed by atoms with E-state index in [9.17, 15) is 0 Å². The summed E-state index contributed by atoms with van der Waals surface area (Å²) in [6.45, 7) is 5.91. The van der Waals surface area contributed by atoms with Gasteiger partial charge in [-0.05, 0) is 12.8 Å². The van der Waals surface area contributed by atoms with Crippen molar-refractivity contribution >= 4 is 0 Å². The molecule has 0 rings (SSSR count). The molecule has 170 valence electrons. The van der Waals surface area contributed by atoms with E-state index in [1.807, 2.05) is 66.8 Å². The largest absolute Gasteiger partial charge is 0.0991 e. The van der Waals surface area contributed by atoms with Crippen molar-refractivity contribution in [3.05, 3.63) is 110 Å². The maximum atomic E-state index is 3.62. The molecule has 0 nitrogen and oxygen atoms in total. The van der Waals surface area contributed by atoms with Crippen molar-refractivity contribution in [2.75, 3.05) is 0 Å². The molecule has 0 saturated heterocycles. The van der Waals surface area contributed by atoms with Crippen LogP contribution < -0.4 is 0 Å². The van der Waals surface area contributed by atoms with E-state index in [1.165, 1.54) is 77.0 Å². The van der Waals surface area contributed by atoms with E-state index in [0.29, 0.717) is 0 Å². The molecule has 0 aromatic heterocycles. The van der Waals surface area contributed by atoms with E-state index in [0.717, 1.165) is 0 Å². The van der Waals surface area contributed by atoms with Crippen LogP contribution >= 0.6 is 0 Å². The predicted octanol–water partition coefficient (Wildman–Crippen LogP) is 10.3. The fourth-order valence-electron chi connectivity index (χ4n) is 3.01. The van der Waals surface area contributed by atoms with Crippen LogP contribution in [0.2, 0.25) is 0 Å². The van der Waals surface area contributed by atoms with E-state index < -0.39 is 0 Å². The molecular weight excluding hydrogens is 372 g/mol. The van der Waals surface area contributed by atoms with Gasteiger partial charge in [0.05, 0.1) is 0 Å². The zero-order valence-corrected chi connectivity index (χ0v) is 20.0. The summed E-state index contributed by atoms with van der Waals surface area (Å²) in [6, 6.07) is 0. The summed E-state index contributed by atoms with van der Waals surface area (Å²) in [7, 11) is 0. The van der Waals surface area contributed by atoms with E-state index >= 15 is 0 Å². The lowest BCUT2D eigenvalue weighted by atomic mass is 10.1. The third-order valence-electron chi connectivity index (χ3n) is 4.80. The first-order chi connectivity index (χ1) is 15.4. The molecule has 0 aromatic carbocycles. The second-order valence-electron chi connectivity index (χ2n) is 7.68. The number of hydrogen-bond acceptors (Lipinski definition) is 0. The quantitative estimate of drug-likeness (QED) is 0.136. The Hall–Kier alpha value is -2.34. The zero-order valence-electron chi connectivity index (χ0n) is 20.0. The van der Waals surface area contributed by atoms with Crippen LogP contribution in [0.15, 0.2) is 110 Å². The van der Waals surface area contributed by atoms with Crippen molar-refractivity contribution in [3.8, 4) is 0 Å². The van der Waals surface area contributed by atoms with Crippen molar-refractivity contribution in [2.24, 2.45) is 0 Å². The minimum absolute atomic E-state index is 1.20. The summed E-state index contributed by atoms with van der Waals surface area (Å²) in [6.07, 6.45) is 51.1. The van der Waals surface area contributed by atoms with Gasteiger partial charge in [-0.2, -0.15) is 0 Å². The van der Waals surface area contributed by atoms with Gasteiger partial charge in [-0.3, -0.25) is 0 Å². The van der Waals surface area contributed by atoms with Gasteiger partial charge in [-0.15, -0.1) is 0 Å². The van der Waals surface area contributed by atoms with Gasteiger partial charge in [0, 0.05) is 0 Å². The summed E-state index contributed by atoms with van der Waals surface area (Å²) >= 11 is 0. The first kappa shape index (κ1) is 28.7. The highest BCUT2D eigenvalue weighted by Crippen LogP contribution is 2.12. The van der Waals surface area contributed by atoms with Gasteiger partial charge < -0.3 is 0 Å². The number of rotatable bonds is 20. The van der Waals surface area contributed by atoms with Crippen molar-refractivity contribution in [1.29, 1.82) is 0 Å². The first-order valence-electron chi connectivity index (χ1n) is 12.4. The molecule has 0 saturated carbocycles. The van der Waals surface area contributed by atoms with Gasteiger partial charge in [0.25, 0.3) is 0 Å². The Morgan fingerprint density at radius 3 is 1.10 bits per heavy atom. The molecule has 31 heavy (non-hydrogen) atoms. The van der Waals surface area contributed by atoms with Gasteiger partial charge in [0.2, 0.25) is 0 Å². The smallest absolute Gasteiger partial charge is 0.0348 e. The molecule has 0 aromatic rings. The molecule has 0 aliphatic carbocycles. The summed E-state index contributed by atoms with van der Waals surface area (Å²) < 4.78 is 0. The van der Waals surface area contributed by atoms with Crippen LogP contribution in [0.1, 0.15) is 84.0 Å². The van der Waals surface area contributed by atoms with E-state index in [4.69, 9.17) is 0 Å². The summed E-state index contributed by atoms with van der Waals surface area (Å²) in [5, 5.41) is 0. The molecule has 0 fully saturated rings. The Kier molecular flexibility index (Phi) is 25.6. The van der Waals surface area contributed by atoms with E-state index in [2.05, 4.69) is 43.9 Å². The maximum Gasteiger partial charge on any atom is -0.0348 e. The Labute approximate surface area is 193 Å². The van der Waals surface area contributed by atoms with Crippen molar-refractivity contribution in [3.63, 3.8) is 0 Å². The highest BCUT2D eigenvalue weighted by atomic mass is 14.0. The average molecular weight is 419 g/mol. The monoisotopic (exact) mass is 418 g/mol. The molecular formula is C31H46. The SMILES string of the molecule is C=CC=CC=CC=CC=CC=CC=CC=CC=CCCCCCCCCCCCCC. The molecule has 0 N–H and O–H groups in total. The maximum absolute atomic E-state index is 3.62. The second kappa shape index (κ2) is 27.7. The van der Waals surface area contributed by atoms with Crippen LogP contribution in [0, 0.1) is 0 Å². The number of hydrogen-bond donors (Lipinski definition) is 0. The van der Waals surface area contributed by atoms with Crippen LogP contribution in [-0.4, -0.2) is 0 Å². The molecule has 0 heterocycles. The van der Waals surface area contributed by atoms with Crippen LogP contribution in [0.3, 0.4) is 0 Å². The topological polar surface area (TPSA) is 0 Å². The number of unbranched alkanes of at least 4 members (excludes halogenated alkanes) is 11. The zero-order chi connectivity index (χ0) is 22.5. The minimum Gasteiger partial charge on any atom is -0.0991 e. The van der Waals surface area contributed by atoms with Crippen LogP contribution in [0.25, 0.3) is 0 Å². The fraction of sp³-hybridized carbons (Fsp3) is 0.419. The summed E-state index contributed by atoms with van der Waals surface area (Å²) in [5.41, 5.74) is 0. The Morgan fingerprint density at radius 2 is 0.710 bits per heavy atom. The van der Waals surface area contributed by atoms with Crippen LogP contribution in [0.5, 0.6) is 0 Å². The van der Waals surface area contributed by atoms with Crippen LogP contribution in [-0.2, 0) is 0 Å². The standard InChI is InChI=1S/C31H46/c1-3-5-7-9-11-13-15-17-19-21-23-25-27-29-31-30-28-26-24-22-20-18-16-14-12-10-8-6-4-2/h3,5,7,9,11,13,15,17,19,21,23,25,27-31H,1,4,6,8,10,12,14,16,18,20,22,24,26H2,2H3. The van der Waals surface area contributed by atoms with Gasteiger partial charge >= 0.3 is 0 Å². The predicted molar refractivity (Wildman–Crippen MR) is 144 cm³/mol. The van der Waals surface area contributed by atoms with Gasteiger partial charge in [-0.1, -0.05) is 181 Å². The highest BCUT2D eigenvalue weighted by molar-refractivity contribution is 5.21. The molecule has 0 aliphatic rings. The van der Waals surface area contributed by atoms with Gasteiger partial charge in [-0.25, -0.2) is 0 Å². The van der Waals surface area contributed by atoms with Crippen molar-refractivity contribution in [1.82, 2.24) is 0 Å². The van der Waals surface area contributed by atoms with Crippen molar-refractivity contribution in [2.45, 2.75) is 84.0 Å². The molecule has 0 spiro atoms. The minimum atomic E-state index is 1.20. The van der Waals surface area contributed by atoms with E-state index in [1.54, 1.807) is 6.08 Å². The third-order valence-corrected chi connectivity index (χ3v) is 4.80. The second-order valence-corrected chi connectivity index (χ2v) is 7.68.